The molecule has 2 heterocycles. The standard InChI is InChI=1S/C36H36FNO7S2/c37-24-13-10-21(11-14-24)27(40)16-17-30-31(38(36(46)47-30)25-4-2-1-3-5-25)26-15-12-23(18-28(26)41)20-6-8-22(9-7-20)35-34(44)33(43)32(42)29(19-39)45-35/h1-15,18,27,29-35,39-44H,16-17,19H2/t27-,29+,30-,31+,32+,33-,34+,35-/m0/s1. The van der Waals surface area contributed by atoms with Crippen LogP contribution in [0.25, 0.3) is 11.1 Å². The van der Waals surface area contributed by atoms with Crippen molar-refractivity contribution in [3.63, 3.8) is 0 Å². The SMILES string of the molecule is OC[C@H]1O[C@@H](c2ccc(-c3ccc([C@@H]4[C@H](CC[C@H](O)c5ccc(F)cc5)SC(=S)N4c4ccccc4)c(O)c3)cc2)[C@H](O)[C@@H](O)[C@@H]1O. The molecule has 0 radical (unpaired) electrons. The minimum Gasteiger partial charge on any atom is -0.508 e. The molecule has 0 unspecified atom stereocenters. The van der Waals surface area contributed by atoms with Crippen LogP contribution < -0.4 is 4.90 Å². The molecule has 2 aliphatic rings. The number of ether oxygens (including phenoxy) is 1. The molecule has 2 aliphatic heterocycles. The van der Waals surface area contributed by atoms with Crippen molar-refractivity contribution in [3.8, 4) is 16.9 Å². The lowest BCUT2D eigenvalue weighted by Gasteiger charge is -2.40. The van der Waals surface area contributed by atoms with E-state index >= 15 is 0 Å². The summed E-state index contributed by atoms with van der Waals surface area (Å²) >= 11 is 7.38. The number of aromatic hydroxyl groups is 1. The molecule has 0 spiro atoms. The lowest BCUT2D eigenvalue weighted by atomic mass is 9.90. The van der Waals surface area contributed by atoms with Gasteiger partial charge in [0.2, 0.25) is 0 Å². The number of para-hydroxylation sites is 1. The van der Waals surface area contributed by atoms with E-state index in [0.29, 0.717) is 33.9 Å². The van der Waals surface area contributed by atoms with Gasteiger partial charge in [0, 0.05) is 16.5 Å². The van der Waals surface area contributed by atoms with Gasteiger partial charge in [-0.25, -0.2) is 4.39 Å². The van der Waals surface area contributed by atoms with E-state index in [0.717, 1.165) is 16.8 Å². The average molecular weight is 678 g/mol. The number of halogens is 1. The van der Waals surface area contributed by atoms with Crippen molar-refractivity contribution < 1.29 is 39.8 Å². The zero-order valence-electron chi connectivity index (χ0n) is 25.2. The van der Waals surface area contributed by atoms with Crippen molar-refractivity contribution in [2.24, 2.45) is 0 Å². The van der Waals surface area contributed by atoms with Crippen LogP contribution in [0.2, 0.25) is 0 Å². The highest BCUT2D eigenvalue weighted by Gasteiger charge is 2.44. The fourth-order valence-corrected chi connectivity index (χ4v) is 8.16. The minimum atomic E-state index is -1.47. The van der Waals surface area contributed by atoms with Crippen LogP contribution >= 0.6 is 24.0 Å². The van der Waals surface area contributed by atoms with Gasteiger partial charge in [0.25, 0.3) is 0 Å². The van der Waals surface area contributed by atoms with E-state index in [4.69, 9.17) is 17.0 Å². The fraction of sp³-hybridized carbons (Fsp3) is 0.306. The van der Waals surface area contributed by atoms with Crippen LogP contribution in [-0.4, -0.2) is 71.2 Å². The third-order valence-corrected chi connectivity index (χ3v) is 10.6. The van der Waals surface area contributed by atoms with Crippen LogP contribution in [0.5, 0.6) is 5.75 Å². The monoisotopic (exact) mass is 677 g/mol. The summed E-state index contributed by atoms with van der Waals surface area (Å²) in [5.74, 6) is -0.277. The molecule has 11 heteroatoms. The second-order valence-electron chi connectivity index (χ2n) is 11.9. The van der Waals surface area contributed by atoms with Gasteiger partial charge in [0.05, 0.1) is 18.8 Å². The molecule has 0 amide bonds. The van der Waals surface area contributed by atoms with Crippen molar-refractivity contribution in [3.05, 3.63) is 120 Å². The number of nitrogens with zero attached hydrogens (tertiary/aromatic N) is 1. The Hall–Kier alpha value is -3.39. The Morgan fingerprint density at radius 1 is 0.851 bits per heavy atom. The topological polar surface area (TPSA) is 134 Å². The molecule has 8 atom stereocenters. The van der Waals surface area contributed by atoms with E-state index < -0.39 is 43.2 Å². The molecule has 246 valence electrons. The van der Waals surface area contributed by atoms with Gasteiger partial charge >= 0.3 is 0 Å². The van der Waals surface area contributed by atoms with Gasteiger partial charge < -0.3 is 40.3 Å². The normalized spacial score (nSPS) is 26.8. The van der Waals surface area contributed by atoms with Gasteiger partial charge in [-0.05, 0) is 65.4 Å². The summed E-state index contributed by atoms with van der Waals surface area (Å²) in [7, 11) is 0. The van der Waals surface area contributed by atoms with Gasteiger partial charge in [-0.1, -0.05) is 90.7 Å². The van der Waals surface area contributed by atoms with Crippen molar-refractivity contribution in [2.45, 2.75) is 60.8 Å². The van der Waals surface area contributed by atoms with Crippen molar-refractivity contribution in [2.75, 3.05) is 11.5 Å². The third-order valence-electron chi connectivity index (χ3n) is 8.91. The Labute approximate surface area is 281 Å². The van der Waals surface area contributed by atoms with Crippen LogP contribution in [0.4, 0.5) is 10.1 Å². The van der Waals surface area contributed by atoms with Gasteiger partial charge in [-0.15, -0.1) is 0 Å². The lowest BCUT2D eigenvalue weighted by molar-refractivity contribution is -0.231. The summed E-state index contributed by atoms with van der Waals surface area (Å²) < 4.78 is 19.8. The van der Waals surface area contributed by atoms with E-state index in [1.807, 2.05) is 59.5 Å². The molecule has 0 aliphatic carbocycles. The Bertz CT molecular complexity index is 1680. The maximum Gasteiger partial charge on any atom is 0.141 e. The van der Waals surface area contributed by atoms with E-state index in [1.165, 1.54) is 23.9 Å². The number of rotatable bonds is 9. The highest BCUT2D eigenvalue weighted by Crippen LogP contribution is 2.49. The first kappa shape index (κ1) is 33.5. The number of hydrogen-bond acceptors (Lipinski definition) is 9. The first-order valence-corrected chi connectivity index (χ1v) is 16.7. The van der Waals surface area contributed by atoms with E-state index in [1.54, 1.807) is 30.3 Å². The number of benzene rings is 4. The first-order chi connectivity index (χ1) is 22.7. The molecular weight excluding hydrogens is 642 g/mol. The summed E-state index contributed by atoms with van der Waals surface area (Å²) in [5.41, 5.74) is 4.31. The van der Waals surface area contributed by atoms with Crippen LogP contribution in [-0.2, 0) is 4.74 Å². The molecule has 2 saturated heterocycles. The van der Waals surface area contributed by atoms with E-state index in [9.17, 15) is 35.0 Å². The summed E-state index contributed by atoms with van der Waals surface area (Å²) in [4.78, 5) is 2.04. The van der Waals surface area contributed by atoms with Crippen molar-refractivity contribution in [1.82, 2.24) is 0 Å². The highest BCUT2D eigenvalue weighted by atomic mass is 32.2. The zero-order chi connectivity index (χ0) is 33.2. The number of thioether (sulfide) groups is 1. The van der Waals surface area contributed by atoms with Crippen LogP contribution in [0.1, 0.15) is 47.8 Å². The molecule has 0 aromatic heterocycles. The van der Waals surface area contributed by atoms with E-state index in [-0.39, 0.29) is 22.9 Å². The summed E-state index contributed by atoms with van der Waals surface area (Å²) in [5, 5.41) is 62.6. The predicted octanol–water partition coefficient (Wildman–Crippen LogP) is 5.18. The second kappa shape index (κ2) is 14.4. The largest absolute Gasteiger partial charge is 0.508 e. The number of phenols is 1. The van der Waals surface area contributed by atoms with Gasteiger partial charge in [0.1, 0.15) is 46.4 Å². The summed E-state index contributed by atoms with van der Waals surface area (Å²) in [6.07, 6.45) is -6.01. The Morgan fingerprint density at radius 3 is 2.19 bits per heavy atom. The zero-order valence-corrected chi connectivity index (χ0v) is 26.8. The molecule has 4 aromatic carbocycles. The van der Waals surface area contributed by atoms with Crippen LogP contribution in [0.15, 0.2) is 97.1 Å². The molecule has 6 N–H and O–H groups in total. The Morgan fingerprint density at radius 2 is 1.53 bits per heavy atom. The molecule has 8 nitrogen and oxygen atoms in total. The molecule has 4 aromatic rings. The molecule has 0 saturated carbocycles. The number of anilines is 1. The summed E-state index contributed by atoms with van der Waals surface area (Å²) in [6, 6.07) is 27.8. The third kappa shape index (κ3) is 6.94. The average Bonchev–Trinajstić information content (AvgIpc) is 3.42. The molecular formula is C36H36FNO7S2. The summed E-state index contributed by atoms with van der Waals surface area (Å²) in [6.45, 7) is -0.507. The minimum absolute atomic E-state index is 0.0841. The fourth-order valence-electron chi connectivity index (χ4n) is 6.33. The maximum atomic E-state index is 13.4. The van der Waals surface area contributed by atoms with E-state index in [2.05, 4.69) is 0 Å². The number of thiocarbonyl (C=S) groups is 1. The number of aliphatic hydroxyl groups excluding tert-OH is 5. The van der Waals surface area contributed by atoms with Crippen molar-refractivity contribution >= 4 is 34.0 Å². The maximum absolute atomic E-state index is 13.4. The van der Waals surface area contributed by atoms with Gasteiger partial charge in [-0.3, -0.25) is 0 Å². The number of hydrogen-bond donors (Lipinski definition) is 6. The van der Waals surface area contributed by atoms with Crippen LogP contribution in [0, 0.1) is 5.82 Å². The first-order valence-electron chi connectivity index (χ1n) is 15.4. The molecule has 0 bridgehead atoms. The Balaban J connectivity index is 1.25. The second-order valence-corrected chi connectivity index (χ2v) is 13.7. The van der Waals surface area contributed by atoms with Crippen molar-refractivity contribution in [1.29, 1.82) is 0 Å². The smallest absolute Gasteiger partial charge is 0.141 e. The number of phenolic OH excluding ortho intramolecular Hbond substituents is 1. The van der Waals surface area contributed by atoms with Gasteiger partial charge in [-0.2, -0.15) is 0 Å². The lowest BCUT2D eigenvalue weighted by Crippen LogP contribution is -2.55. The number of aliphatic hydroxyl groups is 5. The van der Waals surface area contributed by atoms with Crippen LogP contribution in [0.3, 0.4) is 0 Å². The Kier molecular flexibility index (Phi) is 10.3. The molecule has 47 heavy (non-hydrogen) atoms. The molecule has 2 fully saturated rings. The quantitative estimate of drug-likeness (QED) is 0.132. The molecule has 6 rings (SSSR count). The predicted molar refractivity (Wildman–Crippen MR) is 182 cm³/mol. The van der Waals surface area contributed by atoms with Gasteiger partial charge in [0.15, 0.2) is 0 Å². The highest BCUT2D eigenvalue weighted by molar-refractivity contribution is 8.24.